The number of hydrogen-bond donors (Lipinski definition) is 2. The Morgan fingerprint density at radius 1 is 1.14 bits per heavy atom. The van der Waals surface area contributed by atoms with Crippen molar-refractivity contribution in [3.8, 4) is 0 Å². The summed E-state index contributed by atoms with van der Waals surface area (Å²) in [5.41, 5.74) is 1.36. The number of ether oxygens (including phenoxy) is 1. The summed E-state index contributed by atoms with van der Waals surface area (Å²) in [6.07, 6.45) is 1.64. The Hall–Kier alpha value is -0.900. The quantitative estimate of drug-likeness (QED) is 0.697. The second kappa shape index (κ2) is 9.19. The van der Waals surface area contributed by atoms with Gasteiger partial charge in [0.15, 0.2) is 0 Å². The lowest BCUT2D eigenvalue weighted by Crippen LogP contribution is -2.44. The molecule has 0 spiro atoms. The third-order valence-corrected chi connectivity index (χ3v) is 3.46. The summed E-state index contributed by atoms with van der Waals surface area (Å²) in [4.78, 5) is 0. The molecule has 0 aliphatic heterocycles. The second-order valence-corrected chi connectivity index (χ2v) is 6.84. The van der Waals surface area contributed by atoms with E-state index in [0.717, 1.165) is 12.8 Å². The molecule has 0 fully saturated rings. The Bertz CT molecular complexity index is 376. The molecule has 0 heterocycles. The SMILES string of the molecule is CC(C)COCC(O)CNC(C)(C)CCc1ccccc1. The van der Waals surface area contributed by atoms with Gasteiger partial charge in [-0.1, -0.05) is 44.2 Å². The van der Waals surface area contributed by atoms with Crippen molar-refractivity contribution in [1.82, 2.24) is 5.32 Å². The van der Waals surface area contributed by atoms with Crippen LogP contribution in [0.5, 0.6) is 0 Å². The van der Waals surface area contributed by atoms with Crippen LogP contribution in [-0.4, -0.2) is 36.5 Å². The van der Waals surface area contributed by atoms with Crippen LogP contribution in [0, 0.1) is 5.92 Å². The van der Waals surface area contributed by atoms with Crippen molar-refractivity contribution in [1.29, 1.82) is 0 Å². The third kappa shape index (κ3) is 8.86. The molecular formula is C18H31NO2. The molecule has 1 atom stereocenters. The van der Waals surface area contributed by atoms with Gasteiger partial charge in [-0.05, 0) is 38.2 Å². The fraction of sp³-hybridized carbons (Fsp3) is 0.667. The minimum Gasteiger partial charge on any atom is -0.389 e. The lowest BCUT2D eigenvalue weighted by molar-refractivity contribution is 0.0230. The van der Waals surface area contributed by atoms with Crippen LogP contribution in [0.3, 0.4) is 0 Å². The van der Waals surface area contributed by atoms with Gasteiger partial charge in [0, 0.05) is 18.7 Å². The predicted octanol–water partition coefficient (Wildman–Crippen LogP) is 3.02. The second-order valence-electron chi connectivity index (χ2n) is 6.84. The topological polar surface area (TPSA) is 41.5 Å². The van der Waals surface area contributed by atoms with Crippen molar-refractivity contribution >= 4 is 0 Å². The monoisotopic (exact) mass is 293 g/mol. The standard InChI is InChI=1S/C18H31NO2/c1-15(2)13-21-14-17(20)12-19-18(3,4)11-10-16-8-6-5-7-9-16/h5-9,15,17,19-20H,10-14H2,1-4H3. The van der Waals surface area contributed by atoms with E-state index >= 15 is 0 Å². The Balaban J connectivity index is 2.22. The molecule has 0 bridgehead atoms. The maximum atomic E-state index is 9.92. The average molecular weight is 293 g/mol. The Morgan fingerprint density at radius 3 is 2.43 bits per heavy atom. The molecule has 1 aromatic rings. The number of nitrogens with one attached hydrogen (secondary N) is 1. The molecule has 0 aliphatic carbocycles. The summed E-state index contributed by atoms with van der Waals surface area (Å²) in [6.45, 7) is 10.2. The van der Waals surface area contributed by atoms with Gasteiger partial charge in [-0.3, -0.25) is 0 Å². The average Bonchev–Trinajstić information content (AvgIpc) is 2.44. The molecule has 3 nitrogen and oxygen atoms in total. The van der Waals surface area contributed by atoms with Crippen molar-refractivity contribution in [2.24, 2.45) is 5.92 Å². The van der Waals surface area contributed by atoms with Gasteiger partial charge in [-0.2, -0.15) is 0 Å². The number of aliphatic hydroxyl groups is 1. The molecule has 3 heteroatoms. The van der Waals surface area contributed by atoms with E-state index in [1.807, 2.05) is 6.07 Å². The molecule has 0 amide bonds. The normalized spacial score (nSPS) is 13.6. The van der Waals surface area contributed by atoms with Gasteiger partial charge in [-0.25, -0.2) is 0 Å². The van der Waals surface area contributed by atoms with E-state index in [-0.39, 0.29) is 5.54 Å². The largest absolute Gasteiger partial charge is 0.389 e. The minimum atomic E-state index is -0.445. The molecule has 0 radical (unpaired) electrons. The Morgan fingerprint density at radius 2 is 1.81 bits per heavy atom. The number of hydrogen-bond acceptors (Lipinski definition) is 3. The summed E-state index contributed by atoms with van der Waals surface area (Å²) >= 11 is 0. The van der Waals surface area contributed by atoms with E-state index in [9.17, 15) is 5.11 Å². The van der Waals surface area contributed by atoms with Crippen molar-refractivity contribution in [3.63, 3.8) is 0 Å². The van der Waals surface area contributed by atoms with Gasteiger partial charge in [0.2, 0.25) is 0 Å². The van der Waals surface area contributed by atoms with Gasteiger partial charge >= 0.3 is 0 Å². The summed E-state index contributed by atoms with van der Waals surface area (Å²) in [5.74, 6) is 0.507. The summed E-state index contributed by atoms with van der Waals surface area (Å²) in [5, 5.41) is 13.4. The molecule has 1 aromatic carbocycles. The van der Waals surface area contributed by atoms with Gasteiger partial charge in [-0.15, -0.1) is 0 Å². The zero-order chi connectivity index (χ0) is 15.7. The Kier molecular flexibility index (Phi) is 7.94. The zero-order valence-corrected chi connectivity index (χ0v) is 13.9. The fourth-order valence-electron chi connectivity index (χ4n) is 2.08. The van der Waals surface area contributed by atoms with E-state index < -0.39 is 6.10 Å². The zero-order valence-electron chi connectivity index (χ0n) is 13.9. The van der Waals surface area contributed by atoms with Crippen LogP contribution in [0.1, 0.15) is 39.7 Å². The van der Waals surface area contributed by atoms with E-state index in [4.69, 9.17) is 4.74 Å². The highest BCUT2D eigenvalue weighted by atomic mass is 16.5. The van der Waals surface area contributed by atoms with Crippen LogP contribution in [0.2, 0.25) is 0 Å². The lowest BCUT2D eigenvalue weighted by atomic mass is 9.95. The number of aryl methyl sites for hydroxylation is 1. The first-order valence-corrected chi connectivity index (χ1v) is 7.94. The van der Waals surface area contributed by atoms with Crippen molar-refractivity contribution in [2.75, 3.05) is 19.8 Å². The highest BCUT2D eigenvalue weighted by Gasteiger charge is 2.18. The van der Waals surface area contributed by atoms with Crippen LogP contribution < -0.4 is 5.32 Å². The van der Waals surface area contributed by atoms with E-state index in [2.05, 4.69) is 57.3 Å². The molecule has 1 rings (SSSR count). The molecule has 2 N–H and O–H groups in total. The molecule has 0 saturated carbocycles. The first-order valence-electron chi connectivity index (χ1n) is 7.94. The number of β-amino-alcohol motifs (C(OH)–C–C–N with tert-alkyl or cyclic N) is 1. The van der Waals surface area contributed by atoms with Gasteiger partial charge < -0.3 is 15.2 Å². The van der Waals surface area contributed by atoms with Gasteiger partial charge in [0.1, 0.15) is 0 Å². The lowest BCUT2D eigenvalue weighted by Gasteiger charge is -2.28. The smallest absolute Gasteiger partial charge is 0.0897 e. The summed E-state index contributed by atoms with van der Waals surface area (Å²) in [7, 11) is 0. The van der Waals surface area contributed by atoms with Crippen LogP contribution in [0.4, 0.5) is 0 Å². The molecule has 21 heavy (non-hydrogen) atoms. The van der Waals surface area contributed by atoms with E-state index in [1.54, 1.807) is 0 Å². The van der Waals surface area contributed by atoms with E-state index in [0.29, 0.717) is 25.7 Å². The van der Waals surface area contributed by atoms with Crippen LogP contribution in [-0.2, 0) is 11.2 Å². The molecule has 0 aromatic heterocycles. The maximum Gasteiger partial charge on any atom is 0.0897 e. The van der Waals surface area contributed by atoms with Crippen molar-refractivity contribution < 1.29 is 9.84 Å². The molecular weight excluding hydrogens is 262 g/mol. The summed E-state index contributed by atoms with van der Waals surface area (Å²) < 4.78 is 5.46. The van der Waals surface area contributed by atoms with Crippen molar-refractivity contribution in [2.45, 2.75) is 52.2 Å². The minimum absolute atomic E-state index is 0.00880. The molecule has 120 valence electrons. The number of aliphatic hydroxyl groups excluding tert-OH is 1. The van der Waals surface area contributed by atoms with E-state index in [1.165, 1.54) is 5.56 Å². The first-order chi connectivity index (χ1) is 9.89. The third-order valence-electron chi connectivity index (χ3n) is 3.46. The van der Waals surface area contributed by atoms with Crippen LogP contribution >= 0.6 is 0 Å². The van der Waals surface area contributed by atoms with Gasteiger partial charge in [0.05, 0.1) is 12.7 Å². The van der Waals surface area contributed by atoms with Crippen molar-refractivity contribution in [3.05, 3.63) is 35.9 Å². The van der Waals surface area contributed by atoms with Crippen LogP contribution in [0.15, 0.2) is 30.3 Å². The number of benzene rings is 1. The predicted molar refractivity (Wildman–Crippen MR) is 88.5 cm³/mol. The highest BCUT2D eigenvalue weighted by molar-refractivity contribution is 5.15. The Labute approximate surface area is 129 Å². The molecule has 1 unspecified atom stereocenters. The summed E-state index contributed by atoms with van der Waals surface area (Å²) in [6, 6.07) is 10.5. The van der Waals surface area contributed by atoms with Crippen LogP contribution in [0.25, 0.3) is 0 Å². The number of rotatable bonds is 10. The molecule has 0 aliphatic rings. The molecule has 0 saturated heterocycles. The van der Waals surface area contributed by atoms with Gasteiger partial charge in [0.25, 0.3) is 0 Å². The first kappa shape index (κ1) is 18.1. The maximum absolute atomic E-state index is 9.92. The fourth-order valence-corrected chi connectivity index (χ4v) is 2.08. The highest BCUT2D eigenvalue weighted by Crippen LogP contribution is 2.13.